The highest BCUT2D eigenvalue weighted by molar-refractivity contribution is 5.92. The van der Waals surface area contributed by atoms with Crippen molar-refractivity contribution in [1.29, 1.82) is 0 Å². The summed E-state index contributed by atoms with van der Waals surface area (Å²) in [6.07, 6.45) is 2.18. The number of benzene rings is 1. The van der Waals surface area contributed by atoms with Crippen LogP contribution in [0.5, 0.6) is 0 Å². The molecule has 0 saturated carbocycles. The van der Waals surface area contributed by atoms with Crippen LogP contribution in [0.3, 0.4) is 0 Å². The molecule has 0 aliphatic rings. The lowest BCUT2D eigenvalue weighted by Crippen LogP contribution is -2.26. The standard InChI is InChI=1S/C18H24N4O/c1-4-5-11-22(3)18-20-14(2)12-16(21-18)17(23)19-13-15-9-7-6-8-10-15/h6-10,12H,4-5,11,13H2,1-3H3,(H,19,23). The van der Waals surface area contributed by atoms with Crippen LogP contribution in [0, 0.1) is 6.92 Å². The summed E-state index contributed by atoms with van der Waals surface area (Å²) in [6, 6.07) is 11.5. The van der Waals surface area contributed by atoms with Gasteiger partial charge in [-0.15, -0.1) is 0 Å². The van der Waals surface area contributed by atoms with Crippen molar-refractivity contribution in [2.24, 2.45) is 0 Å². The van der Waals surface area contributed by atoms with Crippen molar-refractivity contribution >= 4 is 11.9 Å². The van der Waals surface area contributed by atoms with Crippen LogP contribution < -0.4 is 10.2 Å². The predicted octanol–water partition coefficient (Wildman–Crippen LogP) is 2.95. The molecular weight excluding hydrogens is 288 g/mol. The van der Waals surface area contributed by atoms with Crippen molar-refractivity contribution in [2.45, 2.75) is 33.2 Å². The van der Waals surface area contributed by atoms with Gasteiger partial charge in [0.2, 0.25) is 5.95 Å². The first-order chi connectivity index (χ1) is 11.1. The highest BCUT2D eigenvalue weighted by Gasteiger charge is 2.12. The van der Waals surface area contributed by atoms with Gasteiger partial charge in [0, 0.05) is 25.8 Å². The first-order valence-electron chi connectivity index (χ1n) is 7.99. The van der Waals surface area contributed by atoms with Crippen LogP contribution in [-0.2, 0) is 6.54 Å². The summed E-state index contributed by atoms with van der Waals surface area (Å²) in [5, 5.41) is 2.90. The molecule has 5 heteroatoms. The number of hydrogen-bond acceptors (Lipinski definition) is 4. The summed E-state index contributed by atoms with van der Waals surface area (Å²) >= 11 is 0. The van der Waals surface area contributed by atoms with Crippen molar-refractivity contribution in [3.8, 4) is 0 Å². The van der Waals surface area contributed by atoms with Gasteiger partial charge in [0.05, 0.1) is 0 Å². The Balaban J connectivity index is 2.06. The number of aromatic nitrogens is 2. The molecule has 0 atom stereocenters. The molecule has 0 radical (unpaired) electrons. The summed E-state index contributed by atoms with van der Waals surface area (Å²) in [7, 11) is 1.95. The number of nitrogens with zero attached hydrogens (tertiary/aromatic N) is 3. The first kappa shape index (κ1) is 16.9. The SMILES string of the molecule is CCCCN(C)c1nc(C)cc(C(=O)NCc2ccccc2)n1. The van der Waals surface area contributed by atoms with Gasteiger partial charge in [-0.3, -0.25) is 4.79 Å². The summed E-state index contributed by atoms with van der Waals surface area (Å²) in [6.45, 7) is 5.40. The van der Waals surface area contributed by atoms with Crippen molar-refractivity contribution in [3.05, 3.63) is 53.3 Å². The van der Waals surface area contributed by atoms with Crippen LogP contribution in [0.25, 0.3) is 0 Å². The molecule has 0 unspecified atom stereocenters. The second-order valence-corrected chi connectivity index (χ2v) is 5.64. The van der Waals surface area contributed by atoms with Crippen LogP contribution >= 0.6 is 0 Å². The normalized spacial score (nSPS) is 10.4. The predicted molar refractivity (Wildman–Crippen MR) is 92.6 cm³/mol. The van der Waals surface area contributed by atoms with E-state index in [0.717, 1.165) is 30.6 Å². The third-order valence-electron chi connectivity index (χ3n) is 3.56. The Hall–Kier alpha value is -2.43. The number of nitrogens with one attached hydrogen (secondary N) is 1. The molecular formula is C18H24N4O. The molecule has 0 aliphatic heterocycles. The molecule has 1 aromatic carbocycles. The average Bonchev–Trinajstić information content (AvgIpc) is 2.57. The Labute approximate surface area is 137 Å². The molecule has 0 spiro atoms. The number of hydrogen-bond donors (Lipinski definition) is 1. The van der Waals surface area contributed by atoms with Gasteiger partial charge in [0.1, 0.15) is 5.69 Å². The maximum atomic E-state index is 12.3. The molecule has 0 fully saturated rings. The summed E-state index contributed by atoms with van der Waals surface area (Å²) in [4.78, 5) is 23.2. The van der Waals surface area contributed by atoms with E-state index in [0.29, 0.717) is 18.2 Å². The summed E-state index contributed by atoms with van der Waals surface area (Å²) in [5.41, 5.74) is 2.27. The van der Waals surface area contributed by atoms with Gasteiger partial charge in [0.15, 0.2) is 0 Å². The summed E-state index contributed by atoms with van der Waals surface area (Å²) in [5.74, 6) is 0.424. The quantitative estimate of drug-likeness (QED) is 0.854. The van der Waals surface area contributed by atoms with E-state index in [-0.39, 0.29) is 5.91 Å². The Morgan fingerprint density at radius 3 is 2.65 bits per heavy atom. The van der Waals surface area contributed by atoms with E-state index in [1.54, 1.807) is 6.07 Å². The minimum Gasteiger partial charge on any atom is -0.347 e. The molecule has 1 heterocycles. The maximum Gasteiger partial charge on any atom is 0.270 e. The number of carbonyl (C=O) groups excluding carboxylic acids is 1. The maximum absolute atomic E-state index is 12.3. The molecule has 23 heavy (non-hydrogen) atoms. The van der Waals surface area contributed by atoms with E-state index in [1.807, 2.05) is 49.2 Å². The lowest BCUT2D eigenvalue weighted by molar-refractivity contribution is 0.0945. The Bertz CT molecular complexity index is 643. The van der Waals surface area contributed by atoms with Gasteiger partial charge in [-0.2, -0.15) is 0 Å². The lowest BCUT2D eigenvalue weighted by Gasteiger charge is -2.17. The Morgan fingerprint density at radius 1 is 1.22 bits per heavy atom. The van der Waals surface area contributed by atoms with Crippen molar-refractivity contribution in [2.75, 3.05) is 18.5 Å². The number of amides is 1. The summed E-state index contributed by atoms with van der Waals surface area (Å²) < 4.78 is 0. The minimum atomic E-state index is -0.176. The zero-order valence-electron chi connectivity index (χ0n) is 14.0. The van der Waals surface area contributed by atoms with Gasteiger partial charge in [-0.1, -0.05) is 43.7 Å². The van der Waals surface area contributed by atoms with E-state index >= 15 is 0 Å². The lowest BCUT2D eigenvalue weighted by atomic mass is 10.2. The van der Waals surface area contributed by atoms with Crippen LogP contribution in [0.4, 0.5) is 5.95 Å². The smallest absolute Gasteiger partial charge is 0.270 e. The van der Waals surface area contributed by atoms with Gasteiger partial charge in [-0.05, 0) is 25.0 Å². The minimum absolute atomic E-state index is 0.176. The molecule has 2 aromatic rings. The molecule has 122 valence electrons. The second kappa shape index (κ2) is 8.27. The highest BCUT2D eigenvalue weighted by Crippen LogP contribution is 2.10. The second-order valence-electron chi connectivity index (χ2n) is 5.64. The molecule has 1 amide bonds. The number of unbranched alkanes of at least 4 members (excludes halogenated alkanes) is 1. The van der Waals surface area contributed by atoms with Crippen molar-refractivity contribution < 1.29 is 4.79 Å². The average molecular weight is 312 g/mol. The monoisotopic (exact) mass is 312 g/mol. The molecule has 0 aliphatic carbocycles. The van der Waals surface area contributed by atoms with E-state index < -0.39 is 0 Å². The van der Waals surface area contributed by atoms with Crippen LogP contribution in [0.15, 0.2) is 36.4 Å². The molecule has 0 bridgehead atoms. The number of aryl methyl sites for hydroxylation is 1. The van der Waals surface area contributed by atoms with Gasteiger partial charge in [0.25, 0.3) is 5.91 Å². The van der Waals surface area contributed by atoms with Crippen LogP contribution in [0.2, 0.25) is 0 Å². The van der Waals surface area contributed by atoms with Gasteiger partial charge < -0.3 is 10.2 Å². The zero-order chi connectivity index (χ0) is 16.7. The van der Waals surface area contributed by atoms with Gasteiger partial charge >= 0.3 is 0 Å². The Kier molecular flexibility index (Phi) is 6.09. The van der Waals surface area contributed by atoms with Crippen LogP contribution in [0.1, 0.15) is 41.5 Å². The molecule has 2 rings (SSSR count). The molecule has 5 nitrogen and oxygen atoms in total. The van der Waals surface area contributed by atoms with Crippen LogP contribution in [-0.4, -0.2) is 29.5 Å². The van der Waals surface area contributed by atoms with Crippen molar-refractivity contribution in [1.82, 2.24) is 15.3 Å². The molecule has 0 saturated heterocycles. The van der Waals surface area contributed by atoms with Gasteiger partial charge in [-0.25, -0.2) is 9.97 Å². The number of rotatable bonds is 7. The fourth-order valence-corrected chi connectivity index (χ4v) is 2.20. The zero-order valence-corrected chi connectivity index (χ0v) is 14.0. The largest absolute Gasteiger partial charge is 0.347 e. The van der Waals surface area contributed by atoms with E-state index in [4.69, 9.17) is 0 Å². The van der Waals surface area contributed by atoms with E-state index in [9.17, 15) is 4.79 Å². The highest BCUT2D eigenvalue weighted by atomic mass is 16.1. The number of anilines is 1. The Morgan fingerprint density at radius 2 is 1.96 bits per heavy atom. The third-order valence-corrected chi connectivity index (χ3v) is 3.56. The van der Waals surface area contributed by atoms with E-state index in [1.165, 1.54) is 0 Å². The molecule has 1 N–H and O–H groups in total. The van der Waals surface area contributed by atoms with E-state index in [2.05, 4.69) is 22.2 Å². The fraction of sp³-hybridized carbons (Fsp3) is 0.389. The first-order valence-corrected chi connectivity index (χ1v) is 7.99. The fourth-order valence-electron chi connectivity index (χ4n) is 2.20. The van der Waals surface area contributed by atoms with Crippen molar-refractivity contribution in [3.63, 3.8) is 0 Å². The topological polar surface area (TPSA) is 58.1 Å². The molecule has 1 aromatic heterocycles. The third kappa shape index (κ3) is 5.06. The number of carbonyl (C=O) groups is 1.